The van der Waals surface area contributed by atoms with E-state index in [0.717, 1.165) is 32.1 Å². The maximum absolute atomic E-state index is 12.1. The van der Waals surface area contributed by atoms with E-state index in [-0.39, 0.29) is 27.5 Å². The molecule has 1 N–H and O–H groups in total. The van der Waals surface area contributed by atoms with Crippen LogP contribution in [0.3, 0.4) is 0 Å². The highest BCUT2D eigenvalue weighted by Crippen LogP contribution is 2.43. The van der Waals surface area contributed by atoms with Crippen molar-refractivity contribution in [3.05, 3.63) is 0 Å². The van der Waals surface area contributed by atoms with E-state index in [1.54, 1.807) is 0 Å². The number of ether oxygens (including phenoxy) is 2. The van der Waals surface area contributed by atoms with Gasteiger partial charge >= 0.3 is 21.2 Å². The number of phosphoric ester groups is 1. The van der Waals surface area contributed by atoms with Crippen molar-refractivity contribution >= 4 is 19.8 Å². The topological polar surface area (TPSA) is 108 Å². The molecule has 0 aliphatic heterocycles. The van der Waals surface area contributed by atoms with Crippen molar-refractivity contribution in [2.75, 3.05) is 47.5 Å². The van der Waals surface area contributed by atoms with Crippen LogP contribution in [0.5, 0.6) is 0 Å². The molecule has 2 atom stereocenters. The predicted octanol–water partition coefficient (Wildman–Crippen LogP) is 3.55. The highest BCUT2D eigenvalue weighted by molar-refractivity contribution is 7.47. The lowest BCUT2D eigenvalue weighted by Gasteiger charge is -2.24. The van der Waals surface area contributed by atoms with Gasteiger partial charge in [-0.2, -0.15) is 0 Å². The number of hydrogen-bond acceptors (Lipinski definition) is 7. The third-order valence-corrected chi connectivity index (χ3v) is 5.12. The van der Waals surface area contributed by atoms with E-state index in [2.05, 4.69) is 0 Å². The van der Waals surface area contributed by atoms with Crippen LogP contribution in [0, 0.1) is 0 Å². The molecule has 0 aliphatic carbocycles. The fraction of sp³-hybridized carbons (Fsp3) is 0.900. The smallest absolute Gasteiger partial charge is 0.462 e. The van der Waals surface area contributed by atoms with Crippen molar-refractivity contribution in [2.24, 2.45) is 0 Å². The lowest BCUT2D eigenvalue weighted by Crippen LogP contribution is -2.37. The summed E-state index contributed by atoms with van der Waals surface area (Å²) in [6.45, 7) is 3.97. The van der Waals surface area contributed by atoms with Crippen LogP contribution >= 0.6 is 7.82 Å². The van der Waals surface area contributed by atoms with E-state index in [4.69, 9.17) is 18.5 Å². The summed E-state index contributed by atoms with van der Waals surface area (Å²) < 4.78 is 33.0. The van der Waals surface area contributed by atoms with Crippen LogP contribution in [0.1, 0.15) is 66.6 Å². The molecule has 0 aromatic heterocycles. The van der Waals surface area contributed by atoms with Gasteiger partial charge in [-0.3, -0.25) is 18.6 Å². The van der Waals surface area contributed by atoms with Gasteiger partial charge in [-0.05, 0) is 12.8 Å². The van der Waals surface area contributed by atoms with Gasteiger partial charge in [0.1, 0.15) is 19.8 Å². The largest absolute Gasteiger partial charge is 1.00 e. The highest BCUT2D eigenvalue weighted by Gasteiger charge is 2.26. The Morgan fingerprint density at radius 1 is 0.933 bits per heavy atom. The normalized spacial score (nSPS) is 14.7. The summed E-state index contributed by atoms with van der Waals surface area (Å²) in [5.41, 5.74) is 0. The molecule has 0 bridgehead atoms. The molecule has 10 heteroatoms. The predicted molar refractivity (Wildman–Crippen MR) is 115 cm³/mol. The molecule has 0 saturated carbocycles. The summed E-state index contributed by atoms with van der Waals surface area (Å²) in [6, 6.07) is 0. The minimum Gasteiger partial charge on any atom is -0.462 e. The summed E-state index contributed by atoms with van der Waals surface area (Å²) in [5.74, 6) is -0.861. The van der Waals surface area contributed by atoms with Gasteiger partial charge in [-0.25, -0.2) is 4.57 Å². The molecule has 30 heavy (non-hydrogen) atoms. The number of carbonyl (C=O) groups excluding carboxylic acids is 2. The number of quaternary nitrogens is 1. The van der Waals surface area contributed by atoms with Crippen LogP contribution < -0.4 is 0 Å². The van der Waals surface area contributed by atoms with Crippen molar-refractivity contribution in [1.29, 1.82) is 0 Å². The van der Waals surface area contributed by atoms with Crippen LogP contribution in [0.25, 0.3) is 0 Å². The van der Waals surface area contributed by atoms with Crippen molar-refractivity contribution in [3.63, 3.8) is 0 Å². The Labute approximate surface area is 182 Å². The molecule has 0 aliphatic rings. The number of esters is 2. The summed E-state index contributed by atoms with van der Waals surface area (Å²) in [6.07, 6.45) is 4.71. The lowest BCUT2D eigenvalue weighted by molar-refractivity contribution is -0.870. The number of nitrogens with zero attached hydrogens (tertiary/aromatic N) is 1. The van der Waals surface area contributed by atoms with Crippen LogP contribution in [0.15, 0.2) is 0 Å². The Hall–Kier alpha value is -0.990. The van der Waals surface area contributed by atoms with Crippen LogP contribution in [0.4, 0.5) is 0 Å². The molecule has 178 valence electrons. The Morgan fingerprint density at radius 3 is 2.03 bits per heavy atom. The summed E-state index contributed by atoms with van der Waals surface area (Å²) in [4.78, 5) is 33.7. The zero-order chi connectivity index (χ0) is 23.0. The van der Waals surface area contributed by atoms with E-state index >= 15 is 0 Å². The molecule has 0 aromatic rings. The van der Waals surface area contributed by atoms with Crippen LogP contribution in [-0.2, 0) is 32.7 Å². The number of phosphoric acid groups is 1. The van der Waals surface area contributed by atoms with Gasteiger partial charge in [0.05, 0.1) is 27.7 Å². The SMILES string of the molecule is CCCCCC(=O)OC[C@H](COP(=O)(O)OCC[N+](C)(C)C)OC(=O)CCCCC.[H+]. The second kappa shape index (κ2) is 15.8. The first-order valence-corrected chi connectivity index (χ1v) is 12.3. The minimum atomic E-state index is -4.31. The number of rotatable bonds is 18. The quantitative estimate of drug-likeness (QED) is 0.145. The number of hydrogen-bond donors (Lipinski definition) is 1. The molecular weight excluding hydrogens is 413 g/mol. The molecule has 0 heterocycles. The zero-order valence-electron chi connectivity index (χ0n) is 20.3. The summed E-state index contributed by atoms with van der Waals surface area (Å²) in [7, 11) is 1.47. The van der Waals surface area contributed by atoms with Gasteiger partial charge in [0.15, 0.2) is 6.10 Å². The molecule has 0 spiro atoms. The molecule has 0 saturated heterocycles. The molecular formula is C20H42NO8P+2. The Kier molecular flexibility index (Phi) is 15.2. The average molecular weight is 456 g/mol. The Bertz CT molecular complexity index is 542. The van der Waals surface area contributed by atoms with Crippen molar-refractivity contribution in [3.8, 4) is 0 Å². The van der Waals surface area contributed by atoms with Gasteiger partial charge in [0.2, 0.25) is 0 Å². The number of likely N-dealkylation sites (N-methyl/N-ethyl adjacent to an activating group) is 1. The Balaban J connectivity index is 0. The number of carbonyl (C=O) groups is 2. The second-order valence-electron chi connectivity index (χ2n) is 8.32. The van der Waals surface area contributed by atoms with E-state index in [0.29, 0.717) is 17.4 Å². The van der Waals surface area contributed by atoms with Crippen LogP contribution in [-0.4, -0.2) is 74.9 Å². The van der Waals surface area contributed by atoms with Crippen molar-refractivity contribution < 1.29 is 43.5 Å². The van der Waals surface area contributed by atoms with Gasteiger partial charge in [0, 0.05) is 12.8 Å². The first-order chi connectivity index (χ1) is 14.0. The van der Waals surface area contributed by atoms with E-state index in [9.17, 15) is 19.0 Å². The third kappa shape index (κ3) is 17.8. The maximum Gasteiger partial charge on any atom is 1.00 e. The van der Waals surface area contributed by atoms with Crippen molar-refractivity contribution in [1.82, 2.24) is 0 Å². The van der Waals surface area contributed by atoms with E-state index in [1.165, 1.54) is 0 Å². The lowest BCUT2D eigenvalue weighted by atomic mass is 10.2. The van der Waals surface area contributed by atoms with E-state index in [1.807, 2.05) is 35.0 Å². The third-order valence-electron chi connectivity index (χ3n) is 4.14. The molecule has 0 aromatic carbocycles. The van der Waals surface area contributed by atoms with Gasteiger partial charge in [-0.15, -0.1) is 0 Å². The first kappa shape index (κ1) is 29.0. The molecule has 9 nitrogen and oxygen atoms in total. The average Bonchev–Trinajstić information content (AvgIpc) is 2.63. The standard InChI is InChI=1S/C20H40NO8P/c1-6-8-10-12-19(22)26-16-18(29-20(23)13-11-9-7-2)17-28-30(24,25)27-15-14-21(3,4)5/h18H,6-17H2,1-5H3/p+2/t18-/m1/s1. The molecule has 0 radical (unpaired) electrons. The van der Waals surface area contributed by atoms with Gasteiger partial charge in [-0.1, -0.05) is 39.5 Å². The number of unbranched alkanes of at least 4 members (excludes halogenated alkanes) is 4. The molecule has 1 unspecified atom stereocenters. The second-order valence-corrected chi connectivity index (χ2v) is 9.77. The Morgan fingerprint density at radius 2 is 1.50 bits per heavy atom. The summed E-state index contributed by atoms with van der Waals surface area (Å²) >= 11 is 0. The molecule has 0 amide bonds. The molecule has 0 rings (SSSR count). The van der Waals surface area contributed by atoms with E-state index < -0.39 is 32.5 Å². The fourth-order valence-electron chi connectivity index (χ4n) is 2.30. The van der Waals surface area contributed by atoms with Crippen LogP contribution in [0.2, 0.25) is 0 Å². The minimum absolute atomic E-state index is 0. The van der Waals surface area contributed by atoms with Gasteiger partial charge in [0.25, 0.3) is 0 Å². The molecule has 0 fully saturated rings. The summed E-state index contributed by atoms with van der Waals surface area (Å²) in [5, 5.41) is 0. The highest BCUT2D eigenvalue weighted by atomic mass is 31.2. The fourth-order valence-corrected chi connectivity index (χ4v) is 3.04. The van der Waals surface area contributed by atoms with Gasteiger partial charge < -0.3 is 18.9 Å². The zero-order valence-corrected chi connectivity index (χ0v) is 20.2. The maximum atomic E-state index is 12.1. The first-order valence-electron chi connectivity index (χ1n) is 10.8. The van der Waals surface area contributed by atoms with Crippen molar-refractivity contribution in [2.45, 2.75) is 71.3 Å². The monoisotopic (exact) mass is 455 g/mol.